The van der Waals surface area contributed by atoms with E-state index in [1.165, 1.54) is 0 Å². The van der Waals surface area contributed by atoms with Crippen molar-refractivity contribution in [1.82, 2.24) is 4.98 Å². The fourth-order valence-electron chi connectivity index (χ4n) is 1.30. The Hall–Kier alpha value is -0.750. The lowest BCUT2D eigenvalue weighted by atomic mass is 10.1. The molecular formula is C12H7BrINO. The van der Waals surface area contributed by atoms with Gasteiger partial charge in [-0.1, -0.05) is 0 Å². The highest BCUT2D eigenvalue weighted by atomic mass is 127. The number of carbonyl (C=O) groups is 1. The van der Waals surface area contributed by atoms with Crippen LogP contribution in [0.3, 0.4) is 0 Å². The summed E-state index contributed by atoms with van der Waals surface area (Å²) in [6.45, 7) is 0. The van der Waals surface area contributed by atoms with Crippen LogP contribution in [0, 0.1) is 3.57 Å². The maximum absolute atomic E-state index is 12.0. The smallest absolute Gasteiger partial charge is 0.194 e. The molecule has 0 unspecified atom stereocenters. The van der Waals surface area contributed by atoms with Crippen molar-refractivity contribution in [2.75, 3.05) is 0 Å². The fourth-order valence-corrected chi connectivity index (χ4v) is 2.03. The Kier molecular flexibility index (Phi) is 3.70. The van der Waals surface area contributed by atoms with Crippen molar-refractivity contribution in [3.63, 3.8) is 0 Å². The molecule has 0 atom stereocenters. The highest BCUT2D eigenvalue weighted by Crippen LogP contribution is 2.15. The Bertz CT molecular complexity index is 525. The fraction of sp³-hybridized carbons (Fsp3) is 0. The molecule has 1 aromatic carbocycles. The molecule has 0 saturated carbocycles. The van der Waals surface area contributed by atoms with Gasteiger partial charge in [0.15, 0.2) is 5.78 Å². The minimum Gasteiger partial charge on any atom is -0.289 e. The molecular weight excluding hydrogens is 381 g/mol. The molecule has 0 aliphatic heterocycles. The van der Waals surface area contributed by atoms with Gasteiger partial charge in [0.2, 0.25) is 0 Å². The van der Waals surface area contributed by atoms with Crippen LogP contribution in [0.5, 0.6) is 0 Å². The molecule has 0 spiro atoms. The molecule has 1 heterocycles. The number of pyridine rings is 1. The van der Waals surface area contributed by atoms with Gasteiger partial charge in [0.1, 0.15) is 0 Å². The van der Waals surface area contributed by atoms with Crippen LogP contribution < -0.4 is 0 Å². The van der Waals surface area contributed by atoms with Crippen molar-refractivity contribution in [2.45, 2.75) is 0 Å². The Balaban J connectivity index is 2.35. The summed E-state index contributed by atoms with van der Waals surface area (Å²) < 4.78 is 1.92. The van der Waals surface area contributed by atoms with E-state index in [1.807, 2.05) is 24.3 Å². The zero-order valence-corrected chi connectivity index (χ0v) is 11.9. The molecule has 0 aliphatic rings. The first-order chi connectivity index (χ1) is 7.66. The van der Waals surface area contributed by atoms with Gasteiger partial charge in [-0.15, -0.1) is 0 Å². The number of benzene rings is 1. The van der Waals surface area contributed by atoms with Gasteiger partial charge in [-0.3, -0.25) is 9.78 Å². The van der Waals surface area contributed by atoms with Gasteiger partial charge in [-0.05, 0) is 68.9 Å². The van der Waals surface area contributed by atoms with Gasteiger partial charge in [-0.2, -0.15) is 0 Å². The summed E-state index contributed by atoms with van der Waals surface area (Å²) in [6, 6.07) is 9.25. The average Bonchev–Trinajstić information content (AvgIpc) is 2.29. The van der Waals surface area contributed by atoms with E-state index in [1.54, 1.807) is 18.5 Å². The van der Waals surface area contributed by atoms with E-state index < -0.39 is 0 Å². The van der Waals surface area contributed by atoms with Crippen molar-refractivity contribution in [3.05, 3.63) is 61.9 Å². The normalized spacial score (nSPS) is 10.1. The highest BCUT2D eigenvalue weighted by molar-refractivity contribution is 14.1. The van der Waals surface area contributed by atoms with Gasteiger partial charge in [0, 0.05) is 31.6 Å². The van der Waals surface area contributed by atoms with Crippen LogP contribution in [0.2, 0.25) is 0 Å². The van der Waals surface area contributed by atoms with Crippen LogP contribution in [0.15, 0.2) is 47.2 Å². The highest BCUT2D eigenvalue weighted by Gasteiger charge is 2.09. The van der Waals surface area contributed by atoms with E-state index in [2.05, 4.69) is 43.5 Å². The third-order valence-electron chi connectivity index (χ3n) is 2.07. The molecule has 2 aromatic rings. The summed E-state index contributed by atoms with van der Waals surface area (Å²) in [4.78, 5) is 16.0. The summed E-state index contributed by atoms with van der Waals surface area (Å²) in [7, 11) is 0. The Morgan fingerprint density at radius 1 is 1.12 bits per heavy atom. The summed E-state index contributed by atoms with van der Waals surface area (Å²) in [6.07, 6.45) is 3.23. The first-order valence-electron chi connectivity index (χ1n) is 4.57. The minimum absolute atomic E-state index is 0.00907. The van der Waals surface area contributed by atoms with Gasteiger partial charge in [0.05, 0.1) is 0 Å². The molecule has 0 amide bonds. The maximum atomic E-state index is 12.0. The number of hydrogen-bond acceptors (Lipinski definition) is 2. The topological polar surface area (TPSA) is 30.0 Å². The maximum Gasteiger partial charge on any atom is 0.194 e. The number of rotatable bonds is 2. The van der Waals surface area contributed by atoms with Gasteiger partial charge < -0.3 is 0 Å². The minimum atomic E-state index is -0.00907. The third-order valence-corrected chi connectivity index (χ3v) is 3.23. The summed E-state index contributed by atoms with van der Waals surface area (Å²) >= 11 is 5.51. The SMILES string of the molecule is O=C(c1ccc(I)cc1)c1cncc(Br)c1. The van der Waals surface area contributed by atoms with E-state index in [-0.39, 0.29) is 5.78 Å². The lowest BCUT2D eigenvalue weighted by Gasteiger charge is -2.01. The van der Waals surface area contributed by atoms with Gasteiger partial charge >= 0.3 is 0 Å². The number of aromatic nitrogens is 1. The van der Waals surface area contributed by atoms with Gasteiger partial charge in [0.25, 0.3) is 0 Å². The largest absolute Gasteiger partial charge is 0.289 e. The summed E-state index contributed by atoms with van der Waals surface area (Å²) in [5.74, 6) is -0.00907. The summed E-state index contributed by atoms with van der Waals surface area (Å²) in [5, 5.41) is 0. The zero-order valence-electron chi connectivity index (χ0n) is 8.15. The molecule has 1 aromatic heterocycles. The van der Waals surface area contributed by atoms with Crippen molar-refractivity contribution >= 4 is 44.3 Å². The van der Waals surface area contributed by atoms with Crippen LogP contribution in [0.1, 0.15) is 15.9 Å². The van der Waals surface area contributed by atoms with E-state index in [0.717, 1.165) is 8.04 Å². The van der Waals surface area contributed by atoms with Crippen LogP contribution in [-0.4, -0.2) is 10.8 Å². The number of ketones is 1. The van der Waals surface area contributed by atoms with Crippen molar-refractivity contribution in [1.29, 1.82) is 0 Å². The Labute approximate surface area is 115 Å². The van der Waals surface area contributed by atoms with Crippen LogP contribution in [0.4, 0.5) is 0 Å². The Morgan fingerprint density at radius 2 is 1.81 bits per heavy atom. The quantitative estimate of drug-likeness (QED) is 0.581. The average molecular weight is 388 g/mol. The predicted molar refractivity (Wildman–Crippen MR) is 74.5 cm³/mol. The molecule has 4 heteroatoms. The second-order valence-corrected chi connectivity index (χ2v) is 5.39. The standard InChI is InChI=1S/C12H7BrINO/c13-10-5-9(6-15-7-10)12(16)8-1-3-11(14)4-2-8/h1-7H. The van der Waals surface area contributed by atoms with E-state index in [4.69, 9.17) is 0 Å². The number of nitrogens with zero attached hydrogens (tertiary/aromatic N) is 1. The molecule has 0 fully saturated rings. The van der Waals surface area contributed by atoms with E-state index >= 15 is 0 Å². The molecule has 0 bridgehead atoms. The molecule has 0 radical (unpaired) electrons. The molecule has 80 valence electrons. The van der Waals surface area contributed by atoms with E-state index in [0.29, 0.717) is 11.1 Å². The molecule has 0 saturated heterocycles. The van der Waals surface area contributed by atoms with Crippen molar-refractivity contribution < 1.29 is 4.79 Å². The number of carbonyl (C=O) groups excluding carboxylic acids is 1. The lowest BCUT2D eigenvalue weighted by Crippen LogP contribution is -2.01. The predicted octanol–water partition coefficient (Wildman–Crippen LogP) is 3.68. The molecule has 0 aliphatic carbocycles. The van der Waals surface area contributed by atoms with Crippen LogP contribution in [-0.2, 0) is 0 Å². The van der Waals surface area contributed by atoms with Crippen LogP contribution in [0.25, 0.3) is 0 Å². The molecule has 2 nitrogen and oxygen atoms in total. The summed E-state index contributed by atoms with van der Waals surface area (Å²) in [5.41, 5.74) is 1.27. The monoisotopic (exact) mass is 387 g/mol. The van der Waals surface area contributed by atoms with E-state index in [9.17, 15) is 4.79 Å². The third kappa shape index (κ3) is 2.68. The van der Waals surface area contributed by atoms with Gasteiger partial charge in [-0.25, -0.2) is 0 Å². The van der Waals surface area contributed by atoms with Crippen molar-refractivity contribution in [3.8, 4) is 0 Å². The first kappa shape index (κ1) is 11.7. The lowest BCUT2D eigenvalue weighted by molar-refractivity contribution is 0.103. The molecule has 16 heavy (non-hydrogen) atoms. The second-order valence-electron chi connectivity index (χ2n) is 3.23. The molecule has 2 rings (SSSR count). The molecule has 0 N–H and O–H groups in total. The number of halogens is 2. The second kappa shape index (κ2) is 5.05. The van der Waals surface area contributed by atoms with Crippen molar-refractivity contribution in [2.24, 2.45) is 0 Å². The first-order valence-corrected chi connectivity index (χ1v) is 6.45. The Morgan fingerprint density at radius 3 is 2.44 bits per heavy atom. The van der Waals surface area contributed by atoms with Crippen LogP contribution >= 0.6 is 38.5 Å². The zero-order chi connectivity index (χ0) is 11.5. The number of hydrogen-bond donors (Lipinski definition) is 0.